The molecule has 2 heteroatoms. The van der Waals surface area contributed by atoms with Crippen molar-refractivity contribution in [3.8, 4) is 0 Å². The topological polar surface area (TPSA) is 37.3 Å². The van der Waals surface area contributed by atoms with Crippen LogP contribution in [0.5, 0.6) is 0 Å². The zero-order valence-electron chi connectivity index (χ0n) is 11.2. The molecule has 1 aliphatic rings. The molecule has 1 N–H and O–H groups in total. The van der Waals surface area contributed by atoms with Gasteiger partial charge in [-0.25, -0.2) is 0 Å². The summed E-state index contributed by atoms with van der Waals surface area (Å²) in [5.74, 6) is -0.350. The van der Waals surface area contributed by atoms with Crippen molar-refractivity contribution in [2.45, 2.75) is 33.1 Å². The van der Waals surface area contributed by atoms with Crippen LogP contribution in [-0.4, -0.2) is 11.1 Å². The molecule has 3 atom stereocenters. The molecule has 1 aromatic carbocycles. The maximum Gasteiger partial charge on any atom is 0.313 e. The van der Waals surface area contributed by atoms with Gasteiger partial charge in [0.05, 0.1) is 5.41 Å². The van der Waals surface area contributed by atoms with Gasteiger partial charge in [-0.3, -0.25) is 4.79 Å². The number of benzene rings is 1. The third-order valence-corrected chi connectivity index (χ3v) is 4.26. The first-order chi connectivity index (χ1) is 8.50. The summed E-state index contributed by atoms with van der Waals surface area (Å²) in [5.41, 5.74) is 1.52. The summed E-state index contributed by atoms with van der Waals surface area (Å²) >= 11 is 0. The van der Waals surface area contributed by atoms with Crippen LogP contribution in [-0.2, 0) is 4.79 Å². The summed E-state index contributed by atoms with van der Waals surface area (Å²) in [5, 5.41) is 9.59. The lowest BCUT2D eigenvalue weighted by atomic mass is 9.63. The number of hydrogen-bond donors (Lipinski definition) is 1. The average Bonchev–Trinajstić information content (AvgIpc) is 2.37. The van der Waals surface area contributed by atoms with Gasteiger partial charge in [0.25, 0.3) is 0 Å². The molecule has 0 heterocycles. The molecule has 0 radical (unpaired) electrons. The molecular weight excluding hydrogens is 224 g/mol. The summed E-state index contributed by atoms with van der Waals surface area (Å²) < 4.78 is 0. The second-order valence-electron chi connectivity index (χ2n) is 5.41. The SMILES string of the molecule is CC[C@@H](C)[C@@H]1c2ccccc2C=C[C@]1(C)C(=O)O. The summed E-state index contributed by atoms with van der Waals surface area (Å²) in [6, 6.07) is 8.12. The maximum absolute atomic E-state index is 11.7. The molecule has 1 aliphatic carbocycles. The molecule has 18 heavy (non-hydrogen) atoms. The summed E-state index contributed by atoms with van der Waals surface area (Å²) in [7, 11) is 0. The molecule has 0 fully saturated rings. The van der Waals surface area contributed by atoms with Crippen molar-refractivity contribution in [1.29, 1.82) is 0 Å². The van der Waals surface area contributed by atoms with Crippen molar-refractivity contribution >= 4 is 12.0 Å². The van der Waals surface area contributed by atoms with Gasteiger partial charge in [0.2, 0.25) is 0 Å². The second kappa shape index (κ2) is 4.60. The number of carbonyl (C=O) groups is 1. The number of hydrogen-bond acceptors (Lipinski definition) is 1. The fraction of sp³-hybridized carbons (Fsp3) is 0.438. The predicted octanol–water partition coefficient (Wildman–Crippen LogP) is 3.93. The van der Waals surface area contributed by atoms with E-state index in [-0.39, 0.29) is 5.92 Å². The minimum absolute atomic E-state index is 0.0428. The van der Waals surface area contributed by atoms with Crippen molar-refractivity contribution in [1.82, 2.24) is 0 Å². The van der Waals surface area contributed by atoms with Gasteiger partial charge in [0.1, 0.15) is 0 Å². The molecule has 0 amide bonds. The Labute approximate surface area is 108 Å². The smallest absolute Gasteiger partial charge is 0.313 e. The van der Waals surface area contributed by atoms with Gasteiger partial charge < -0.3 is 5.11 Å². The Kier molecular flexibility index (Phi) is 3.29. The molecule has 0 spiro atoms. The standard InChI is InChI=1S/C16H20O2/c1-4-11(2)14-13-8-6-5-7-12(13)9-10-16(14,3)15(17)18/h5-11,14H,4H2,1-3H3,(H,17,18)/t11-,14-,16+/m1/s1. The molecule has 0 aliphatic heterocycles. The van der Waals surface area contributed by atoms with Crippen LogP contribution in [0.15, 0.2) is 30.3 Å². The minimum Gasteiger partial charge on any atom is -0.481 e. The van der Waals surface area contributed by atoms with E-state index in [1.54, 1.807) is 0 Å². The molecule has 0 saturated heterocycles. The van der Waals surface area contributed by atoms with Crippen molar-refractivity contribution in [3.63, 3.8) is 0 Å². The Bertz CT molecular complexity index is 490. The van der Waals surface area contributed by atoms with Crippen LogP contribution in [0.1, 0.15) is 44.2 Å². The molecular formula is C16H20O2. The Morgan fingerprint density at radius 3 is 2.72 bits per heavy atom. The van der Waals surface area contributed by atoms with Crippen LogP contribution >= 0.6 is 0 Å². The Balaban J connectivity index is 2.59. The van der Waals surface area contributed by atoms with E-state index in [2.05, 4.69) is 26.0 Å². The van der Waals surface area contributed by atoms with E-state index >= 15 is 0 Å². The van der Waals surface area contributed by atoms with E-state index in [1.807, 2.05) is 31.2 Å². The third kappa shape index (κ3) is 1.86. The molecule has 2 rings (SSSR count). The van der Waals surface area contributed by atoms with Gasteiger partial charge in [0.15, 0.2) is 0 Å². The first-order valence-corrected chi connectivity index (χ1v) is 6.52. The number of aliphatic carboxylic acids is 1. The third-order valence-electron chi connectivity index (χ3n) is 4.26. The van der Waals surface area contributed by atoms with Crippen molar-refractivity contribution < 1.29 is 9.90 Å². The largest absolute Gasteiger partial charge is 0.481 e. The van der Waals surface area contributed by atoms with Gasteiger partial charge in [-0.15, -0.1) is 0 Å². The van der Waals surface area contributed by atoms with E-state index in [0.717, 1.165) is 12.0 Å². The van der Waals surface area contributed by atoms with Gasteiger partial charge in [-0.2, -0.15) is 0 Å². The molecule has 0 saturated carbocycles. The minimum atomic E-state index is -0.802. The van der Waals surface area contributed by atoms with Crippen LogP contribution in [0.4, 0.5) is 0 Å². The molecule has 0 aromatic heterocycles. The van der Waals surface area contributed by atoms with Crippen LogP contribution in [0.3, 0.4) is 0 Å². The van der Waals surface area contributed by atoms with Crippen LogP contribution in [0.25, 0.3) is 6.08 Å². The highest BCUT2D eigenvalue weighted by Crippen LogP contribution is 2.48. The fourth-order valence-corrected chi connectivity index (χ4v) is 2.97. The Morgan fingerprint density at radius 1 is 1.44 bits per heavy atom. The lowest BCUT2D eigenvalue weighted by Gasteiger charge is -2.39. The number of carboxylic acid groups (broad SMARTS) is 1. The van der Waals surface area contributed by atoms with Crippen molar-refractivity contribution in [2.75, 3.05) is 0 Å². The fourth-order valence-electron chi connectivity index (χ4n) is 2.97. The molecule has 96 valence electrons. The Morgan fingerprint density at radius 2 is 2.11 bits per heavy atom. The van der Waals surface area contributed by atoms with Gasteiger partial charge in [0, 0.05) is 5.92 Å². The van der Waals surface area contributed by atoms with Crippen LogP contribution < -0.4 is 0 Å². The number of carboxylic acids is 1. The lowest BCUT2D eigenvalue weighted by Crippen LogP contribution is -2.37. The van der Waals surface area contributed by atoms with Gasteiger partial charge >= 0.3 is 5.97 Å². The summed E-state index contributed by atoms with van der Waals surface area (Å²) in [6.45, 7) is 6.09. The normalized spacial score (nSPS) is 27.6. The Hall–Kier alpha value is -1.57. The highest BCUT2D eigenvalue weighted by molar-refractivity contribution is 5.82. The first-order valence-electron chi connectivity index (χ1n) is 6.52. The molecule has 2 nitrogen and oxygen atoms in total. The van der Waals surface area contributed by atoms with Gasteiger partial charge in [-0.05, 0) is 24.0 Å². The predicted molar refractivity (Wildman–Crippen MR) is 73.4 cm³/mol. The maximum atomic E-state index is 11.7. The number of fused-ring (bicyclic) bond motifs is 1. The molecule has 0 bridgehead atoms. The second-order valence-corrected chi connectivity index (χ2v) is 5.41. The zero-order chi connectivity index (χ0) is 13.3. The van der Waals surface area contributed by atoms with Crippen LogP contribution in [0, 0.1) is 11.3 Å². The summed E-state index contributed by atoms with van der Waals surface area (Å²) in [6.07, 6.45) is 4.78. The van der Waals surface area contributed by atoms with Crippen molar-refractivity contribution in [3.05, 3.63) is 41.5 Å². The van der Waals surface area contributed by atoms with E-state index in [4.69, 9.17) is 0 Å². The number of rotatable bonds is 3. The van der Waals surface area contributed by atoms with E-state index in [0.29, 0.717) is 5.92 Å². The summed E-state index contributed by atoms with van der Waals surface area (Å²) in [4.78, 5) is 11.7. The molecule has 0 unspecified atom stereocenters. The zero-order valence-corrected chi connectivity index (χ0v) is 11.2. The monoisotopic (exact) mass is 244 g/mol. The van der Waals surface area contributed by atoms with E-state index < -0.39 is 11.4 Å². The quantitative estimate of drug-likeness (QED) is 0.874. The highest BCUT2D eigenvalue weighted by Gasteiger charge is 2.44. The highest BCUT2D eigenvalue weighted by atomic mass is 16.4. The van der Waals surface area contributed by atoms with Gasteiger partial charge in [-0.1, -0.05) is 56.7 Å². The van der Waals surface area contributed by atoms with Crippen molar-refractivity contribution in [2.24, 2.45) is 11.3 Å². The lowest BCUT2D eigenvalue weighted by molar-refractivity contribution is -0.147. The first kappa shape index (κ1) is 12.9. The molecule has 1 aromatic rings. The average molecular weight is 244 g/mol. The van der Waals surface area contributed by atoms with Crippen LogP contribution in [0.2, 0.25) is 0 Å². The van der Waals surface area contributed by atoms with E-state index in [9.17, 15) is 9.90 Å². The van der Waals surface area contributed by atoms with E-state index in [1.165, 1.54) is 5.56 Å².